The monoisotopic (exact) mass is 462 g/mol. The molecule has 3 rings (SSSR count). The Morgan fingerprint density at radius 3 is 2.60 bits per heavy atom. The third-order valence-corrected chi connectivity index (χ3v) is 5.33. The first-order valence-electron chi connectivity index (χ1n) is 9.58. The molecule has 1 fully saturated rings. The van der Waals surface area contributed by atoms with Crippen LogP contribution in [0, 0.1) is 6.92 Å². The van der Waals surface area contributed by atoms with E-state index in [2.05, 4.69) is 10.1 Å². The maximum absolute atomic E-state index is 12.4. The highest BCUT2D eigenvalue weighted by Gasteiger charge is 2.20. The average molecular weight is 463 g/mol. The summed E-state index contributed by atoms with van der Waals surface area (Å²) in [5.41, 5.74) is 1.37. The molecular weight excluding hydrogens is 435 g/mol. The van der Waals surface area contributed by atoms with Crippen molar-refractivity contribution in [3.8, 4) is 5.75 Å². The van der Waals surface area contributed by atoms with Crippen LogP contribution in [0.2, 0.25) is 0 Å². The van der Waals surface area contributed by atoms with Crippen LogP contribution in [-0.2, 0) is 27.2 Å². The fourth-order valence-electron chi connectivity index (χ4n) is 3.58. The van der Waals surface area contributed by atoms with Crippen molar-refractivity contribution >= 4 is 16.9 Å². The van der Waals surface area contributed by atoms with Crippen LogP contribution in [0.3, 0.4) is 0 Å². The van der Waals surface area contributed by atoms with Gasteiger partial charge < -0.3 is 54.0 Å². The van der Waals surface area contributed by atoms with E-state index in [0.717, 1.165) is 44.8 Å². The van der Waals surface area contributed by atoms with Crippen molar-refractivity contribution in [1.82, 2.24) is 0 Å². The Bertz CT molecular complexity index is 912. The van der Waals surface area contributed by atoms with Gasteiger partial charge in [-0.15, -0.1) is 0 Å². The maximum Gasteiger partial charge on any atom is 0.340 e. The summed E-state index contributed by atoms with van der Waals surface area (Å²) in [6.45, 7) is 7.84. The molecule has 1 saturated heterocycles. The average Bonchev–Trinajstić information content (AvgIpc) is 2.70. The minimum absolute atomic E-state index is 0. The Morgan fingerprint density at radius 2 is 1.93 bits per heavy atom. The van der Waals surface area contributed by atoms with Gasteiger partial charge in [-0.3, -0.25) is 4.79 Å². The first kappa shape index (κ1) is 26.2. The van der Waals surface area contributed by atoms with Crippen molar-refractivity contribution in [1.29, 1.82) is 0 Å². The highest BCUT2D eigenvalue weighted by molar-refractivity contribution is 5.86. The number of quaternary nitrogens is 2. The van der Waals surface area contributed by atoms with Gasteiger partial charge >= 0.3 is 11.6 Å². The van der Waals surface area contributed by atoms with Crippen molar-refractivity contribution in [3.63, 3.8) is 0 Å². The van der Waals surface area contributed by atoms with Gasteiger partial charge in [0.15, 0.2) is 5.58 Å². The lowest BCUT2D eigenvalue weighted by Crippen LogP contribution is -3.16. The van der Waals surface area contributed by atoms with Gasteiger partial charge in [-0.05, 0) is 24.6 Å². The number of fused-ring (bicyclic) bond motifs is 1. The van der Waals surface area contributed by atoms with Crippen LogP contribution in [-0.4, -0.2) is 57.6 Å². The number of carbonyl (C=O) groups is 1. The maximum atomic E-state index is 12.4. The Labute approximate surface area is 187 Å². The van der Waals surface area contributed by atoms with Gasteiger partial charge in [-0.2, -0.15) is 0 Å². The van der Waals surface area contributed by atoms with Gasteiger partial charge in [0.05, 0.1) is 37.9 Å². The molecule has 1 aliphatic heterocycles. The molecule has 4 N–H and O–H groups in total. The fraction of sp³-hybridized carbons (Fsp3) is 0.500. The molecule has 168 valence electrons. The third-order valence-electron chi connectivity index (χ3n) is 5.33. The Kier molecular flexibility index (Phi) is 10.6. The summed E-state index contributed by atoms with van der Waals surface area (Å²) in [6.07, 6.45) is -0.134. The fourth-order valence-corrected chi connectivity index (χ4v) is 3.58. The minimum Gasteiger partial charge on any atom is -1.00 e. The van der Waals surface area contributed by atoms with Crippen LogP contribution in [0.4, 0.5) is 0 Å². The van der Waals surface area contributed by atoms with Crippen molar-refractivity contribution in [2.24, 2.45) is 0 Å². The largest absolute Gasteiger partial charge is 1.00 e. The van der Waals surface area contributed by atoms with E-state index in [0.29, 0.717) is 23.3 Å². The smallest absolute Gasteiger partial charge is 0.340 e. The Morgan fingerprint density at radius 1 is 1.23 bits per heavy atom. The lowest BCUT2D eigenvalue weighted by atomic mass is 10.0. The molecule has 0 unspecified atom stereocenters. The molecule has 0 aliphatic carbocycles. The minimum atomic E-state index is -0.569. The number of hydrogen-bond acceptors (Lipinski definition) is 6. The van der Waals surface area contributed by atoms with Gasteiger partial charge in [0.25, 0.3) is 0 Å². The van der Waals surface area contributed by atoms with Crippen molar-refractivity contribution in [2.45, 2.75) is 19.9 Å². The predicted molar refractivity (Wildman–Crippen MR) is 101 cm³/mol. The predicted octanol–water partition coefficient (Wildman–Crippen LogP) is -7.49. The van der Waals surface area contributed by atoms with E-state index in [9.17, 15) is 14.7 Å². The quantitative estimate of drug-likeness (QED) is 0.214. The summed E-state index contributed by atoms with van der Waals surface area (Å²) in [6, 6.07) is 3.32. The van der Waals surface area contributed by atoms with Gasteiger partial charge in [0.2, 0.25) is 0 Å². The van der Waals surface area contributed by atoms with Crippen molar-refractivity contribution in [3.05, 3.63) is 39.2 Å². The SMILES string of the molecule is COC(=O)Cc1c(C)c2ccc(O)c(C[NH2+]CC[NH+]3CCOCC3)c2oc1=O.[Cl-].[Cl-]. The molecule has 30 heavy (non-hydrogen) atoms. The number of esters is 1. The van der Waals surface area contributed by atoms with E-state index in [4.69, 9.17) is 9.15 Å². The molecule has 1 aromatic heterocycles. The number of nitrogens with two attached hydrogens (primary N) is 1. The van der Waals surface area contributed by atoms with Gasteiger partial charge in [-0.25, -0.2) is 4.79 Å². The summed E-state index contributed by atoms with van der Waals surface area (Å²) in [7, 11) is 1.28. The Hall–Kier alpha value is -1.84. The van der Waals surface area contributed by atoms with E-state index >= 15 is 0 Å². The van der Waals surface area contributed by atoms with Crippen LogP contribution in [0.15, 0.2) is 21.3 Å². The zero-order valence-electron chi connectivity index (χ0n) is 17.1. The summed E-state index contributed by atoms with van der Waals surface area (Å²) in [5.74, 6) is -0.390. The van der Waals surface area contributed by atoms with Crippen molar-refractivity contribution in [2.75, 3.05) is 46.5 Å². The van der Waals surface area contributed by atoms with E-state index in [1.54, 1.807) is 19.1 Å². The zero-order chi connectivity index (χ0) is 20.1. The van der Waals surface area contributed by atoms with Crippen LogP contribution in [0.5, 0.6) is 5.75 Å². The zero-order valence-corrected chi connectivity index (χ0v) is 18.6. The number of benzene rings is 1. The lowest BCUT2D eigenvalue weighted by Gasteiger charge is -2.22. The van der Waals surface area contributed by atoms with Gasteiger partial charge in [0, 0.05) is 5.39 Å². The molecular formula is C20H28Cl2N2O6. The second-order valence-electron chi connectivity index (χ2n) is 7.08. The van der Waals surface area contributed by atoms with Crippen LogP contribution in [0.25, 0.3) is 11.0 Å². The summed E-state index contributed by atoms with van der Waals surface area (Å²) < 4.78 is 15.5. The first-order valence-corrected chi connectivity index (χ1v) is 9.58. The molecule has 1 aliphatic rings. The van der Waals surface area contributed by atoms with Gasteiger partial charge in [0.1, 0.15) is 38.5 Å². The standard InChI is InChI=1S/C20H26N2O6.2ClH/c1-13-14-3-4-17(23)16(12-21-5-6-22-7-9-27-10-8-22)19(14)28-20(25)15(13)11-18(24)26-2;;/h3-4,21,23H,5-12H2,1-2H3;2*1H. The molecule has 0 spiro atoms. The number of phenolic OH excluding ortho intramolecular Hbond substituents is 1. The van der Waals surface area contributed by atoms with Crippen LogP contribution >= 0.6 is 0 Å². The number of morpholine rings is 1. The summed E-state index contributed by atoms with van der Waals surface area (Å²) >= 11 is 0. The number of aromatic hydroxyl groups is 1. The second kappa shape index (κ2) is 12.1. The Balaban J connectivity index is 0.00000225. The molecule has 0 radical (unpaired) electrons. The number of nitrogens with one attached hydrogen (secondary N) is 1. The normalized spacial score (nSPS) is 14.1. The highest BCUT2D eigenvalue weighted by Crippen LogP contribution is 2.28. The third kappa shape index (κ3) is 6.09. The summed E-state index contributed by atoms with van der Waals surface area (Å²) in [4.78, 5) is 25.5. The van der Waals surface area contributed by atoms with E-state index in [1.165, 1.54) is 12.0 Å². The number of halogens is 2. The lowest BCUT2D eigenvalue weighted by molar-refractivity contribution is -0.920. The second-order valence-corrected chi connectivity index (χ2v) is 7.08. The number of hydrogen-bond donors (Lipinski definition) is 3. The number of ether oxygens (including phenoxy) is 2. The molecule has 2 heterocycles. The van der Waals surface area contributed by atoms with Crippen molar-refractivity contribution < 1.29 is 58.8 Å². The molecule has 10 heteroatoms. The topological polar surface area (TPSA) is 107 Å². The highest BCUT2D eigenvalue weighted by atomic mass is 35.5. The van der Waals surface area contributed by atoms with E-state index < -0.39 is 11.6 Å². The number of aryl methyl sites for hydroxylation is 1. The molecule has 8 nitrogen and oxygen atoms in total. The summed E-state index contributed by atoms with van der Waals surface area (Å²) in [5, 5.41) is 13.1. The molecule has 0 atom stereocenters. The molecule has 0 saturated carbocycles. The van der Waals surface area contributed by atoms with Gasteiger partial charge in [-0.1, -0.05) is 0 Å². The number of methoxy groups -OCH3 is 1. The van der Waals surface area contributed by atoms with E-state index in [1.807, 2.05) is 0 Å². The van der Waals surface area contributed by atoms with Crippen LogP contribution < -0.4 is 40.7 Å². The number of phenols is 1. The van der Waals surface area contributed by atoms with Crippen LogP contribution in [0.1, 0.15) is 16.7 Å². The molecule has 0 bridgehead atoms. The molecule has 2 aromatic rings. The number of carbonyl (C=O) groups excluding carboxylic acids is 1. The van der Waals surface area contributed by atoms with E-state index in [-0.39, 0.29) is 42.5 Å². The molecule has 0 amide bonds. The first-order chi connectivity index (χ1) is 13.5. The number of rotatable bonds is 7. The molecule has 1 aromatic carbocycles.